The molecule has 2 aromatic carbocycles. The van der Waals surface area contributed by atoms with Gasteiger partial charge in [0, 0.05) is 13.1 Å². The Hall–Kier alpha value is -3.00. The third kappa shape index (κ3) is 7.50. The summed E-state index contributed by atoms with van der Waals surface area (Å²) in [5.41, 5.74) is 2.29. The molecule has 2 aromatic rings. The zero-order valence-electron chi connectivity index (χ0n) is 15.7. The molecule has 0 aliphatic carbocycles. The van der Waals surface area contributed by atoms with Crippen LogP contribution in [0.15, 0.2) is 48.5 Å². The van der Waals surface area contributed by atoms with Crippen molar-refractivity contribution in [2.24, 2.45) is 5.92 Å². The summed E-state index contributed by atoms with van der Waals surface area (Å²) in [4.78, 5) is 21.7. The lowest BCUT2D eigenvalue weighted by Crippen LogP contribution is -2.20. The minimum atomic E-state index is -2.82. The first kappa shape index (κ1) is 22.3. The van der Waals surface area contributed by atoms with Crippen molar-refractivity contribution in [3.63, 3.8) is 0 Å². The second kappa shape index (κ2) is 11.1. The smallest absolute Gasteiger partial charge is 0.387 e. The van der Waals surface area contributed by atoms with E-state index in [4.69, 9.17) is 15.0 Å². The number of carbonyl (C=O) groups is 2. The highest BCUT2D eigenvalue weighted by atomic mass is 19.3. The van der Waals surface area contributed by atoms with Crippen LogP contribution in [0.5, 0.6) is 5.75 Å². The molecule has 1 aliphatic heterocycles. The quantitative estimate of drug-likeness (QED) is 0.680. The van der Waals surface area contributed by atoms with E-state index in [0.29, 0.717) is 18.0 Å². The summed E-state index contributed by atoms with van der Waals surface area (Å²) < 4.78 is 29.1. The zero-order valence-corrected chi connectivity index (χ0v) is 15.7. The molecule has 1 fully saturated rings. The Morgan fingerprint density at radius 1 is 1.21 bits per heavy atom. The van der Waals surface area contributed by atoms with Crippen molar-refractivity contribution in [1.82, 2.24) is 4.90 Å². The molecular formula is C21H23F2NO5. The predicted molar refractivity (Wildman–Crippen MR) is 102 cm³/mol. The van der Waals surface area contributed by atoms with Gasteiger partial charge in [-0.05, 0) is 60.7 Å². The molecule has 3 rings (SSSR count). The summed E-state index contributed by atoms with van der Waals surface area (Å²) >= 11 is 0. The van der Waals surface area contributed by atoms with E-state index in [9.17, 15) is 13.6 Å². The normalized spacial score (nSPS) is 16.2. The Kier molecular flexibility index (Phi) is 8.54. The zero-order chi connectivity index (χ0) is 21.2. The lowest BCUT2D eigenvalue weighted by Gasteiger charge is -2.17. The molecule has 1 heterocycles. The maximum absolute atomic E-state index is 12.3. The number of benzene rings is 2. The summed E-state index contributed by atoms with van der Waals surface area (Å²) in [6.07, 6.45) is 1.87. The summed E-state index contributed by atoms with van der Waals surface area (Å²) in [6.45, 7) is -0.546. The van der Waals surface area contributed by atoms with Crippen LogP contribution in [-0.4, -0.2) is 47.3 Å². The number of hydrogen-bond donors (Lipinski definition) is 2. The summed E-state index contributed by atoms with van der Waals surface area (Å²) in [5, 5.41) is 16.0. The van der Waals surface area contributed by atoms with Crippen molar-refractivity contribution >= 4 is 12.4 Å². The Labute approximate surface area is 167 Å². The number of rotatable bonds is 7. The number of carboxylic acid groups (broad SMARTS) is 2. The highest BCUT2D eigenvalue weighted by Crippen LogP contribution is 2.24. The number of hydrogen-bond acceptors (Lipinski definition) is 4. The maximum atomic E-state index is 12.3. The second-order valence-corrected chi connectivity index (χ2v) is 6.73. The van der Waals surface area contributed by atoms with Gasteiger partial charge in [-0.15, -0.1) is 0 Å². The van der Waals surface area contributed by atoms with Crippen LogP contribution < -0.4 is 4.74 Å². The van der Waals surface area contributed by atoms with Gasteiger partial charge in [-0.2, -0.15) is 8.78 Å². The molecule has 156 valence electrons. The van der Waals surface area contributed by atoms with Gasteiger partial charge in [0.2, 0.25) is 0 Å². The second-order valence-electron chi connectivity index (χ2n) is 6.73. The molecule has 0 saturated carbocycles. The monoisotopic (exact) mass is 407 g/mol. The van der Waals surface area contributed by atoms with Gasteiger partial charge >= 0.3 is 12.6 Å². The average Bonchev–Trinajstić information content (AvgIpc) is 3.09. The highest BCUT2D eigenvalue weighted by molar-refractivity contribution is 5.87. The number of likely N-dealkylation sites (tertiary alicyclic amines) is 1. The first-order valence-electron chi connectivity index (χ1n) is 9.07. The van der Waals surface area contributed by atoms with Crippen molar-refractivity contribution < 1.29 is 33.3 Å². The fourth-order valence-electron chi connectivity index (χ4n) is 3.47. The van der Waals surface area contributed by atoms with Crippen molar-refractivity contribution in [1.29, 1.82) is 0 Å². The molecule has 6 nitrogen and oxygen atoms in total. The van der Waals surface area contributed by atoms with Crippen molar-refractivity contribution in [3.8, 4) is 5.75 Å². The SMILES string of the molecule is O=C(O)c1cccc(CC2CCN(Cc3cccc(OC(F)F)c3)C2)c1.O=CO. The maximum Gasteiger partial charge on any atom is 0.387 e. The van der Waals surface area contributed by atoms with Gasteiger partial charge in [-0.3, -0.25) is 9.69 Å². The van der Waals surface area contributed by atoms with E-state index in [1.165, 1.54) is 6.07 Å². The molecule has 0 spiro atoms. The number of carboxylic acids is 1. The Morgan fingerprint density at radius 2 is 1.90 bits per heavy atom. The summed E-state index contributed by atoms with van der Waals surface area (Å²) in [6, 6.07) is 13.9. The van der Waals surface area contributed by atoms with Gasteiger partial charge in [-0.1, -0.05) is 24.3 Å². The molecule has 0 amide bonds. The van der Waals surface area contributed by atoms with Gasteiger partial charge in [0.1, 0.15) is 5.75 Å². The van der Waals surface area contributed by atoms with Gasteiger partial charge in [-0.25, -0.2) is 4.79 Å². The van der Waals surface area contributed by atoms with Gasteiger partial charge in [0.25, 0.3) is 6.47 Å². The molecule has 8 heteroatoms. The van der Waals surface area contributed by atoms with Crippen molar-refractivity contribution in [3.05, 3.63) is 65.2 Å². The first-order valence-corrected chi connectivity index (χ1v) is 9.07. The van der Waals surface area contributed by atoms with Crippen molar-refractivity contribution in [2.75, 3.05) is 13.1 Å². The van der Waals surface area contributed by atoms with Crippen LogP contribution in [0.4, 0.5) is 8.78 Å². The highest BCUT2D eigenvalue weighted by Gasteiger charge is 2.23. The molecule has 0 aromatic heterocycles. The van der Waals surface area contributed by atoms with Crippen LogP contribution in [0.2, 0.25) is 0 Å². The third-order valence-corrected chi connectivity index (χ3v) is 4.60. The van der Waals surface area contributed by atoms with Crippen LogP contribution in [0.3, 0.4) is 0 Å². The number of halogens is 2. The number of ether oxygens (including phenoxy) is 1. The Balaban J connectivity index is 0.000000941. The average molecular weight is 407 g/mol. The van der Waals surface area contributed by atoms with Crippen LogP contribution in [0.1, 0.15) is 27.9 Å². The third-order valence-electron chi connectivity index (χ3n) is 4.60. The molecule has 2 N–H and O–H groups in total. The molecular weight excluding hydrogens is 384 g/mol. The van der Waals surface area contributed by atoms with E-state index in [0.717, 1.165) is 37.1 Å². The molecule has 0 bridgehead atoms. The van der Waals surface area contributed by atoms with Gasteiger partial charge < -0.3 is 14.9 Å². The molecule has 1 saturated heterocycles. The van der Waals surface area contributed by atoms with E-state index >= 15 is 0 Å². The predicted octanol–water partition coefficient (Wildman–Crippen LogP) is 3.75. The first-order chi connectivity index (χ1) is 13.9. The number of alkyl halides is 2. The van der Waals surface area contributed by atoms with Gasteiger partial charge in [0.05, 0.1) is 5.56 Å². The minimum Gasteiger partial charge on any atom is -0.483 e. The van der Waals surface area contributed by atoms with E-state index in [1.807, 2.05) is 12.1 Å². The summed E-state index contributed by atoms with van der Waals surface area (Å²) in [7, 11) is 0. The standard InChI is InChI=1S/C20H21F2NO3.CH2O2/c21-20(22)26-18-6-2-4-15(11-18)12-23-8-7-16(13-23)9-14-3-1-5-17(10-14)19(24)25;2-1-3/h1-6,10-11,16,20H,7-9,12-13H2,(H,24,25);1H,(H,2,3). The van der Waals surface area contributed by atoms with Crippen LogP contribution in [0, 0.1) is 5.92 Å². The van der Waals surface area contributed by atoms with E-state index in [2.05, 4.69) is 9.64 Å². The molecule has 1 unspecified atom stereocenters. The van der Waals surface area contributed by atoms with Gasteiger partial charge in [0.15, 0.2) is 0 Å². The van der Waals surface area contributed by atoms with Crippen molar-refractivity contribution in [2.45, 2.75) is 26.0 Å². The lowest BCUT2D eigenvalue weighted by atomic mass is 9.97. The fourth-order valence-corrected chi connectivity index (χ4v) is 3.47. The van der Waals surface area contributed by atoms with E-state index < -0.39 is 12.6 Å². The molecule has 1 atom stereocenters. The summed E-state index contributed by atoms with van der Waals surface area (Å²) in [5.74, 6) is -0.274. The largest absolute Gasteiger partial charge is 0.483 e. The topological polar surface area (TPSA) is 87.1 Å². The molecule has 0 radical (unpaired) electrons. The van der Waals surface area contributed by atoms with E-state index in [1.54, 1.807) is 30.3 Å². The number of aromatic carboxylic acids is 1. The minimum absolute atomic E-state index is 0.179. The van der Waals surface area contributed by atoms with E-state index in [-0.39, 0.29) is 12.2 Å². The fraction of sp³-hybridized carbons (Fsp3) is 0.333. The molecule has 1 aliphatic rings. The Morgan fingerprint density at radius 3 is 2.59 bits per heavy atom. The van der Waals surface area contributed by atoms with Crippen LogP contribution >= 0.6 is 0 Å². The lowest BCUT2D eigenvalue weighted by molar-refractivity contribution is -0.122. The van der Waals surface area contributed by atoms with Crippen LogP contribution in [0.25, 0.3) is 0 Å². The number of nitrogens with zero attached hydrogens (tertiary/aromatic N) is 1. The Bertz CT molecular complexity index is 815. The van der Waals surface area contributed by atoms with Crippen LogP contribution in [-0.2, 0) is 17.8 Å². The molecule has 29 heavy (non-hydrogen) atoms.